The lowest BCUT2D eigenvalue weighted by Gasteiger charge is -2.08. The van der Waals surface area contributed by atoms with E-state index in [4.69, 9.17) is 16.3 Å². The number of anilines is 1. The van der Waals surface area contributed by atoms with E-state index < -0.39 is 5.97 Å². The largest absolute Gasteiger partial charge is 0.497 e. The van der Waals surface area contributed by atoms with Gasteiger partial charge in [-0.3, -0.25) is 9.59 Å². The molecule has 0 aromatic heterocycles. The van der Waals surface area contributed by atoms with Crippen molar-refractivity contribution in [2.75, 3.05) is 19.5 Å². The Labute approximate surface area is 110 Å². The van der Waals surface area contributed by atoms with Crippen molar-refractivity contribution in [2.24, 2.45) is 0 Å². The van der Waals surface area contributed by atoms with Crippen LogP contribution in [-0.2, 0) is 14.3 Å². The molecular formula is C12H14ClNO4. The molecule has 0 radical (unpaired) electrons. The Morgan fingerprint density at radius 1 is 1.28 bits per heavy atom. The van der Waals surface area contributed by atoms with Crippen LogP contribution < -0.4 is 10.1 Å². The molecule has 1 aromatic rings. The summed E-state index contributed by atoms with van der Waals surface area (Å²) in [7, 11) is 2.81. The van der Waals surface area contributed by atoms with E-state index in [1.54, 1.807) is 18.2 Å². The summed E-state index contributed by atoms with van der Waals surface area (Å²) in [6.45, 7) is 0. The average molecular weight is 272 g/mol. The molecule has 0 fully saturated rings. The van der Waals surface area contributed by atoms with Crippen LogP contribution in [0.5, 0.6) is 5.75 Å². The lowest BCUT2D eigenvalue weighted by atomic mass is 10.2. The Bertz CT molecular complexity index is 448. The fourth-order valence-electron chi connectivity index (χ4n) is 1.25. The lowest BCUT2D eigenvalue weighted by Crippen LogP contribution is -2.14. The van der Waals surface area contributed by atoms with Gasteiger partial charge in [-0.05, 0) is 12.1 Å². The molecule has 1 aromatic carbocycles. The first-order valence-electron chi connectivity index (χ1n) is 5.27. The molecule has 0 atom stereocenters. The van der Waals surface area contributed by atoms with Crippen LogP contribution in [0, 0.1) is 0 Å². The molecule has 18 heavy (non-hydrogen) atoms. The van der Waals surface area contributed by atoms with Crippen LogP contribution >= 0.6 is 11.6 Å². The molecule has 0 unspecified atom stereocenters. The van der Waals surface area contributed by atoms with Gasteiger partial charge in [-0.25, -0.2) is 0 Å². The predicted octanol–water partition coefficient (Wildman–Crippen LogP) is 2.24. The summed E-state index contributed by atoms with van der Waals surface area (Å²) in [5.41, 5.74) is 0.479. The monoisotopic (exact) mass is 271 g/mol. The molecule has 0 bridgehead atoms. The fourth-order valence-corrected chi connectivity index (χ4v) is 1.47. The van der Waals surface area contributed by atoms with E-state index in [1.165, 1.54) is 14.2 Å². The third-order valence-electron chi connectivity index (χ3n) is 2.23. The first-order valence-corrected chi connectivity index (χ1v) is 5.65. The van der Waals surface area contributed by atoms with Gasteiger partial charge in [-0.15, -0.1) is 0 Å². The third kappa shape index (κ3) is 4.25. The zero-order valence-electron chi connectivity index (χ0n) is 10.2. The number of ether oxygens (including phenoxy) is 2. The normalized spacial score (nSPS) is 9.72. The smallest absolute Gasteiger partial charge is 0.306 e. The van der Waals surface area contributed by atoms with Gasteiger partial charge in [0.25, 0.3) is 0 Å². The van der Waals surface area contributed by atoms with Gasteiger partial charge >= 0.3 is 5.97 Å². The molecule has 0 saturated carbocycles. The molecule has 0 spiro atoms. The molecule has 1 rings (SSSR count). The highest BCUT2D eigenvalue weighted by Gasteiger charge is 2.09. The number of amides is 1. The Kier molecular flexibility index (Phi) is 5.45. The van der Waals surface area contributed by atoms with Crippen LogP contribution in [0.25, 0.3) is 0 Å². The van der Waals surface area contributed by atoms with Crippen molar-refractivity contribution < 1.29 is 19.1 Å². The standard InChI is InChI=1S/C12H14ClNO4/c1-17-8-3-4-10(9(13)7-8)14-11(15)5-6-12(16)18-2/h3-4,7H,5-6H2,1-2H3,(H,14,15). The van der Waals surface area contributed by atoms with E-state index in [2.05, 4.69) is 10.1 Å². The predicted molar refractivity (Wildman–Crippen MR) is 67.9 cm³/mol. The summed E-state index contributed by atoms with van der Waals surface area (Å²) in [4.78, 5) is 22.4. The summed E-state index contributed by atoms with van der Waals surface area (Å²) in [6, 6.07) is 4.91. The van der Waals surface area contributed by atoms with Gasteiger partial charge in [0.15, 0.2) is 0 Å². The minimum atomic E-state index is -0.425. The van der Waals surface area contributed by atoms with E-state index in [9.17, 15) is 9.59 Å². The summed E-state index contributed by atoms with van der Waals surface area (Å²) < 4.78 is 9.43. The fraction of sp³-hybridized carbons (Fsp3) is 0.333. The number of methoxy groups -OCH3 is 2. The molecule has 1 amide bonds. The second kappa shape index (κ2) is 6.86. The topological polar surface area (TPSA) is 64.6 Å². The number of halogens is 1. The van der Waals surface area contributed by atoms with Crippen molar-refractivity contribution in [1.82, 2.24) is 0 Å². The highest BCUT2D eigenvalue weighted by Crippen LogP contribution is 2.26. The van der Waals surface area contributed by atoms with Gasteiger partial charge in [0, 0.05) is 12.5 Å². The van der Waals surface area contributed by atoms with Crippen molar-refractivity contribution in [1.29, 1.82) is 0 Å². The highest BCUT2D eigenvalue weighted by atomic mass is 35.5. The van der Waals surface area contributed by atoms with Crippen LogP contribution in [0.1, 0.15) is 12.8 Å². The first kappa shape index (κ1) is 14.3. The number of rotatable bonds is 5. The van der Waals surface area contributed by atoms with Gasteiger partial charge < -0.3 is 14.8 Å². The van der Waals surface area contributed by atoms with E-state index in [1.807, 2.05) is 0 Å². The van der Waals surface area contributed by atoms with Gasteiger partial charge in [0.1, 0.15) is 5.75 Å². The number of hydrogen-bond donors (Lipinski definition) is 1. The van der Waals surface area contributed by atoms with Crippen molar-refractivity contribution in [3.8, 4) is 5.75 Å². The van der Waals surface area contributed by atoms with Gasteiger partial charge in [-0.2, -0.15) is 0 Å². The molecule has 1 N–H and O–H groups in total. The van der Waals surface area contributed by atoms with Crippen LogP contribution in [0.4, 0.5) is 5.69 Å². The molecule has 0 aliphatic rings. The summed E-state index contributed by atoms with van der Waals surface area (Å²) in [5.74, 6) is -0.119. The Hall–Kier alpha value is -1.75. The van der Waals surface area contributed by atoms with Crippen LogP contribution in [0.15, 0.2) is 18.2 Å². The van der Waals surface area contributed by atoms with Crippen molar-refractivity contribution >= 4 is 29.2 Å². The van der Waals surface area contributed by atoms with Gasteiger partial charge in [0.2, 0.25) is 5.91 Å². The molecule has 0 saturated heterocycles. The van der Waals surface area contributed by atoms with E-state index in [0.29, 0.717) is 16.5 Å². The number of nitrogens with one attached hydrogen (secondary N) is 1. The minimum Gasteiger partial charge on any atom is -0.497 e. The first-order chi connectivity index (χ1) is 8.56. The number of hydrogen-bond acceptors (Lipinski definition) is 4. The Morgan fingerprint density at radius 3 is 2.56 bits per heavy atom. The Morgan fingerprint density at radius 2 is 2.00 bits per heavy atom. The van der Waals surface area contributed by atoms with Crippen molar-refractivity contribution in [3.05, 3.63) is 23.2 Å². The van der Waals surface area contributed by atoms with Crippen LogP contribution in [0.2, 0.25) is 5.02 Å². The zero-order chi connectivity index (χ0) is 13.5. The summed E-state index contributed by atoms with van der Waals surface area (Å²) in [6.07, 6.45) is 0.0884. The van der Waals surface area contributed by atoms with Crippen LogP contribution in [-0.4, -0.2) is 26.1 Å². The van der Waals surface area contributed by atoms with E-state index >= 15 is 0 Å². The maximum Gasteiger partial charge on any atom is 0.306 e. The van der Waals surface area contributed by atoms with E-state index in [-0.39, 0.29) is 18.7 Å². The van der Waals surface area contributed by atoms with Crippen molar-refractivity contribution in [3.63, 3.8) is 0 Å². The van der Waals surface area contributed by atoms with E-state index in [0.717, 1.165) is 0 Å². The molecule has 98 valence electrons. The average Bonchev–Trinajstić information content (AvgIpc) is 2.38. The quantitative estimate of drug-likeness (QED) is 0.834. The molecular weight excluding hydrogens is 258 g/mol. The summed E-state index contributed by atoms with van der Waals surface area (Å²) >= 11 is 5.96. The second-order valence-corrected chi connectivity index (χ2v) is 3.88. The number of carbonyl (C=O) groups excluding carboxylic acids is 2. The molecule has 5 nitrogen and oxygen atoms in total. The maximum atomic E-state index is 11.5. The molecule has 0 aliphatic carbocycles. The third-order valence-corrected chi connectivity index (χ3v) is 2.55. The number of esters is 1. The minimum absolute atomic E-state index is 0.0378. The molecule has 0 heterocycles. The van der Waals surface area contributed by atoms with Gasteiger partial charge in [0.05, 0.1) is 31.4 Å². The Balaban J connectivity index is 2.56. The molecule has 0 aliphatic heterocycles. The number of benzene rings is 1. The number of carbonyl (C=O) groups is 2. The van der Waals surface area contributed by atoms with Gasteiger partial charge in [-0.1, -0.05) is 11.6 Å². The van der Waals surface area contributed by atoms with Crippen LogP contribution in [0.3, 0.4) is 0 Å². The zero-order valence-corrected chi connectivity index (χ0v) is 10.9. The lowest BCUT2D eigenvalue weighted by molar-refractivity contribution is -0.141. The SMILES string of the molecule is COC(=O)CCC(=O)Nc1ccc(OC)cc1Cl. The van der Waals surface area contributed by atoms with Crippen molar-refractivity contribution in [2.45, 2.75) is 12.8 Å². The highest BCUT2D eigenvalue weighted by molar-refractivity contribution is 6.33. The summed E-state index contributed by atoms with van der Waals surface area (Å²) in [5, 5.41) is 2.98. The second-order valence-electron chi connectivity index (χ2n) is 3.47. The maximum absolute atomic E-state index is 11.5. The molecule has 6 heteroatoms.